The van der Waals surface area contributed by atoms with E-state index >= 15 is 0 Å². The van der Waals surface area contributed by atoms with Gasteiger partial charge in [0.15, 0.2) is 0 Å². The molecule has 0 aromatic heterocycles. The largest absolute Gasteiger partial charge is 0.494 e. The molecule has 1 amide bonds. The van der Waals surface area contributed by atoms with Crippen molar-refractivity contribution in [3.8, 4) is 5.75 Å². The van der Waals surface area contributed by atoms with Crippen LogP contribution in [0.25, 0.3) is 0 Å². The number of nitrogens with zero attached hydrogens (tertiary/aromatic N) is 1. The third-order valence-corrected chi connectivity index (χ3v) is 4.42. The molecule has 0 aliphatic heterocycles. The van der Waals surface area contributed by atoms with Crippen LogP contribution >= 0.6 is 0 Å². The van der Waals surface area contributed by atoms with Gasteiger partial charge in [-0.3, -0.25) is 4.79 Å². The topological polar surface area (TPSA) is 29.5 Å². The Morgan fingerprint density at radius 2 is 1.86 bits per heavy atom. The second-order valence-electron chi connectivity index (χ2n) is 6.41. The Morgan fingerprint density at radius 1 is 1.23 bits per heavy atom. The van der Waals surface area contributed by atoms with E-state index in [1.807, 2.05) is 19.1 Å². The number of aryl methyl sites for hydroxylation is 1. The molecule has 3 heteroatoms. The molecule has 0 atom stereocenters. The van der Waals surface area contributed by atoms with Crippen LogP contribution in [0.15, 0.2) is 24.3 Å². The standard InChI is InChI=1S/C19H29NO2/c1-4-22-18-12-9-16(10-13-18)11-14-19(21)20(15(2)3)17-7-5-6-8-17/h9-10,12-13,15,17H,4-8,11,14H2,1-3H3. The molecular formula is C19H29NO2. The lowest BCUT2D eigenvalue weighted by atomic mass is 10.1. The minimum atomic E-state index is 0.302. The van der Waals surface area contributed by atoms with E-state index in [1.54, 1.807) is 0 Å². The fraction of sp³-hybridized carbons (Fsp3) is 0.632. The summed E-state index contributed by atoms with van der Waals surface area (Å²) in [6.07, 6.45) is 6.28. The normalized spacial score (nSPS) is 15.3. The fourth-order valence-electron chi connectivity index (χ4n) is 3.40. The third kappa shape index (κ3) is 4.49. The van der Waals surface area contributed by atoms with Crippen molar-refractivity contribution in [1.29, 1.82) is 0 Å². The Hall–Kier alpha value is -1.51. The zero-order chi connectivity index (χ0) is 15.9. The average Bonchev–Trinajstić information content (AvgIpc) is 3.00. The summed E-state index contributed by atoms with van der Waals surface area (Å²) in [5.74, 6) is 1.20. The molecule has 122 valence electrons. The third-order valence-electron chi connectivity index (χ3n) is 4.42. The van der Waals surface area contributed by atoms with Gasteiger partial charge in [0.25, 0.3) is 0 Å². The molecule has 0 heterocycles. The van der Waals surface area contributed by atoms with E-state index in [9.17, 15) is 4.79 Å². The van der Waals surface area contributed by atoms with E-state index in [2.05, 4.69) is 30.9 Å². The summed E-state index contributed by atoms with van der Waals surface area (Å²) in [5, 5.41) is 0. The van der Waals surface area contributed by atoms with E-state index in [0.717, 1.165) is 12.2 Å². The van der Waals surface area contributed by atoms with E-state index in [0.29, 0.717) is 31.0 Å². The van der Waals surface area contributed by atoms with Crippen molar-refractivity contribution in [2.45, 2.75) is 71.4 Å². The highest BCUT2D eigenvalue weighted by molar-refractivity contribution is 5.77. The van der Waals surface area contributed by atoms with Crippen LogP contribution in [0.5, 0.6) is 5.75 Å². The Kier molecular flexibility index (Phi) is 6.29. The van der Waals surface area contributed by atoms with Crippen molar-refractivity contribution in [1.82, 2.24) is 4.90 Å². The Bertz CT molecular complexity index is 461. The highest BCUT2D eigenvalue weighted by atomic mass is 16.5. The molecule has 2 rings (SSSR count). The number of carbonyl (C=O) groups is 1. The van der Waals surface area contributed by atoms with Gasteiger partial charge in [0.1, 0.15) is 5.75 Å². The van der Waals surface area contributed by atoms with Gasteiger partial charge in [0.2, 0.25) is 5.91 Å². The molecule has 1 fully saturated rings. The first kappa shape index (κ1) is 16.9. The van der Waals surface area contributed by atoms with Crippen LogP contribution in [0.3, 0.4) is 0 Å². The zero-order valence-corrected chi connectivity index (χ0v) is 14.2. The summed E-state index contributed by atoms with van der Waals surface area (Å²) < 4.78 is 5.45. The van der Waals surface area contributed by atoms with Gasteiger partial charge >= 0.3 is 0 Å². The Morgan fingerprint density at radius 3 is 2.41 bits per heavy atom. The second kappa shape index (κ2) is 8.21. The van der Waals surface area contributed by atoms with E-state index < -0.39 is 0 Å². The maximum Gasteiger partial charge on any atom is 0.223 e. The van der Waals surface area contributed by atoms with E-state index in [4.69, 9.17) is 4.74 Å². The first-order chi connectivity index (χ1) is 10.6. The molecule has 3 nitrogen and oxygen atoms in total. The molecule has 0 N–H and O–H groups in total. The Balaban J connectivity index is 1.89. The monoisotopic (exact) mass is 303 g/mol. The van der Waals surface area contributed by atoms with Gasteiger partial charge in [-0.25, -0.2) is 0 Å². The highest BCUT2D eigenvalue weighted by Crippen LogP contribution is 2.26. The molecule has 0 unspecified atom stereocenters. The fourth-order valence-corrected chi connectivity index (χ4v) is 3.40. The highest BCUT2D eigenvalue weighted by Gasteiger charge is 2.28. The molecule has 1 aliphatic rings. The van der Waals surface area contributed by atoms with Crippen molar-refractivity contribution < 1.29 is 9.53 Å². The van der Waals surface area contributed by atoms with Crippen LogP contribution in [0.2, 0.25) is 0 Å². The molecule has 0 bridgehead atoms. The summed E-state index contributed by atoms with van der Waals surface area (Å²) in [4.78, 5) is 14.7. The van der Waals surface area contributed by atoms with Crippen molar-refractivity contribution in [3.05, 3.63) is 29.8 Å². The molecule has 0 saturated heterocycles. The lowest BCUT2D eigenvalue weighted by Crippen LogP contribution is -2.43. The summed E-state index contributed by atoms with van der Waals surface area (Å²) in [6.45, 7) is 6.93. The van der Waals surface area contributed by atoms with Crippen molar-refractivity contribution in [2.75, 3.05) is 6.61 Å². The average molecular weight is 303 g/mol. The summed E-state index contributed by atoms with van der Waals surface area (Å²) in [6, 6.07) is 8.87. The summed E-state index contributed by atoms with van der Waals surface area (Å²) in [5.41, 5.74) is 1.20. The van der Waals surface area contributed by atoms with Gasteiger partial charge in [-0.05, 0) is 57.7 Å². The molecule has 1 aliphatic carbocycles. The minimum absolute atomic E-state index is 0.302. The predicted octanol–water partition coefficient (Wildman–Crippen LogP) is 4.20. The van der Waals surface area contributed by atoms with Crippen LogP contribution in [0, 0.1) is 0 Å². The Labute approximate surface area is 134 Å². The lowest BCUT2D eigenvalue weighted by molar-refractivity contribution is -0.135. The van der Waals surface area contributed by atoms with Crippen LogP contribution in [-0.4, -0.2) is 29.5 Å². The second-order valence-corrected chi connectivity index (χ2v) is 6.41. The maximum absolute atomic E-state index is 12.6. The lowest BCUT2D eigenvalue weighted by Gasteiger charge is -2.33. The van der Waals surface area contributed by atoms with Crippen LogP contribution < -0.4 is 4.74 Å². The number of carbonyl (C=O) groups excluding carboxylic acids is 1. The number of benzene rings is 1. The van der Waals surface area contributed by atoms with E-state index in [1.165, 1.54) is 31.2 Å². The number of rotatable bonds is 7. The first-order valence-electron chi connectivity index (χ1n) is 8.64. The summed E-state index contributed by atoms with van der Waals surface area (Å²) >= 11 is 0. The van der Waals surface area contributed by atoms with Gasteiger partial charge in [-0.1, -0.05) is 25.0 Å². The molecular weight excluding hydrogens is 274 g/mol. The number of ether oxygens (including phenoxy) is 1. The van der Waals surface area contributed by atoms with Gasteiger partial charge in [0.05, 0.1) is 6.61 Å². The van der Waals surface area contributed by atoms with Crippen LogP contribution in [-0.2, 0) is 11.2 Å². The van der Waals surface area contributed by atoms with Crippen molar-refractivity contribution >= 4 is 5.91 Å². The SMILES string of the molecule is CCOc1ccc(CCC(=O)N(C(C)C)C2CCCC2)cc1. The van der Waals surface area contributed by atoms with Gasteiger partial charge in [-0.2, -0.15) is 0 Å². The molecule has 0 radical (unpaired) electrons. The van der Waals surface area contributed by atoms with Crippen LogP contribution in [0.1, 0.15) is 58.4 Å². The molecule has 1 aromatic carbocycles. The van der Waals surface area contributed by atoms with Crippen LogP contribution in [0.4, 0.5) is 0 Å². The minimum Gasteiger partial charge on any atom is -0.494 e. The van der Waals surface area contributed by atoms with Crippen molar-refractivity contribution in [2.24, 2.45) is 0 Å². The number of amides is 1. The van der Waals surface area contributed by atoms with Gasteiger partial charge < -0.3 is 9.64 Å². The maximum atomic E-state index is 12.6. The number of hydrogen-bond acceptors (Lipinski definition) is 2. The quantitative estimate of drug-likeness (QED) is 0.755. The molecule has 22 heavy (non-hydrogen) atoms. The number of hydrogen-bond donors (Lipinski definition) is 0. The van der Waals surface area contributed by atoms with E-state index in [-0.39, 0.29) is 0 Å². The summed E-state index contributed by atoms with van der Waals surface area (Å²) in [7, 11) is 0. The smallest absolute Gasteiger partial charge is 0.223 e. The molecule has 1 aromatic rings. The predicted molar refractivity (Wildman–Crippen MR) is 90.2 cm³/mol. The molecule has 0 spiro atoms. The molecule has 1 saturated carbocycles. The van der Waals surface area contributed by atoms with Gasteiger partial charge in [0, 0.05) is 18.5 Å². The van der Waals surface area contributed by atoms with Crippen molar-refractivity contribution in [3.63, 3.8) is 0 Å². The van der Waals surface area contributed by atoms with Gasteiger partial charge in [-0.15, -0.1) is 0 Å². The first-order valence-corrected chi connectivity index (χ1v) is 8.64. The zero-order valence-electron chi connectivity index (χ0n) is 14.2.